The van der Waals surface area contributed by atoms with Crippen LogP contribution in [0.15, 0.2) is 85.5 Å². The second kappa shape index (κ2) is 9.10. The Hall–Kier alpha value is -4.52. The van der Waals surface area contributed by atoms with Crippen molar-refractivity contribution in [3.63, 3.8) is 0 Å². The maximum Gasteiger partial charge on any atom is 0.170 e. The molecule has 188 valence electrons. The summed E-state index contributed by atoms with van der Waals surface area (Å²) in [7, 11) is 0. The zero-order chi connectivity index (χ0) is 26.4. The van der Waals surface area contributed by atoms with E-state index in [1.807, 2.05) is 38.2 Å². The first-order valence-corrected chi connectivity index (χ1v) is 12.4. The molecule has 0 aliphatic heterocycles. The number of nitrogens with zero attached hydrogens (tertiary/aromatic N) is 4. The number of halogens is 2. The van der Waals surface area contributed by atoms with Crippen LogP contribution in [0.1, 0.15) is 36.3 Å². The third-order valence-electron chi connectivity index (χ3n) is 7.09. The first kappa shape index (κ1) is 23.9. The number of ketones is 1. The molecule has 0 saturated carbocycles. The number of pyridine rings is 2. The van der Waals surface area contributed by atoms with Crippen LogP contribution in [0.2, 0.25) is 0 Å². The fraction of sp³-hybridized carbons (Fsp3) is 0.161. The van der Waals surface area contributed by atoms with E-state index in [9.17, 15) is 13.6 Å². The van der Waals surface area contributed by atoms with Gasteiger partial charge in [-0.3, -0.25) is 14.3 Å². The van der Waals surface area contributed by atoms with Gasteiger partial charge >= 0.3 is 0 Å². The lowest BCUT2D eigenvalue weighted by Crippen LogP contribution is -2.31. The third-order valence-corrected chi connectivity index (χ3v) is 7.09. The van der Waals surface area contributed by atoms with Crippen LogP contribution in [0, 0.1) is 17.0 Å². The van der Waals surface area contributed by atoms with Crippen molar-refractivity contribution in [2.45, 2.75) is 26.7 Å². The molecule has 0 N–H and O–H groups in total. The summed E-state index contributed by atoms with van der Waals surface area (Å²) in [5.74, 6) is 0.000718. The van der Waals surface area contributed by atoms with E-state index in [1.165, 1.54) is 24.3 Å². The molecule has 7 heteroatoms. The van der Waals surface area contributed by atoms with Gasteiger partial charge in [0.05, 0.1) is 17.1 Å². The van der Waals surface area contributed by atoms with E-state index in [0.717, 1.165) is 24.1 Å². The molecule has 38 heavy (non-hydrogen) atoms. The molecule has 0 amide bonds. The van der Waals surface area contributed by atoms with Gasteiger partial charge < -0.3 is 0 Å². The molecular weight excluding hydrogens is 482 g/mol. The van der Waals surface area contributed by atoms with Crippen molar-refractivity contribution in [3.05, 3.63) is 108 Å². The normalized spacial score (nSPS) is 14.4. The molecular formula is C31H24F2N4O. The van der Waals surface area contributed by atoms with E-state index in [-0.39, 0.29) is 22.8 Å². The van der Waals surface area contributed by atoms with Crippen molar-refractivity contribution < 1.29 is 13.6 Å². The number of carbonyl (C=O) groups is 1. The van der Waals surface area contributed by atoms with Crippen molar-refractivity contribution in [2.24, 2.45) is 5.41 Å². The number of benzene rings is 2. The number of hydrogen-bond acceptors (Lipinski definition) is 4. The summed E-state index contributed by atoms with van der Waals surface area (Å²) in [6.07, 6.45) is 6.63. The fourth-order valence-electron chi connectivity index (χ4n) is 4.99. The van der Waals surface area contributed by atoms with E-state index >= 15 is 0 Å². The quantitative estimate of drug-likeness (QED) is 0.261. The molecule has 0 bridgehead atoms. The smallest absolute Gasteiger partial charge is 0.170 e. The van der Waals surface area contributed by atoms with Crippen LogP contribution in [0.5, 0.6) is 0 Å². The maximum absolute atomic E-state index is 14.3. The van der Waals surface area contributed by atoms with Crippen LogP contribution < -0.4 is 0 Å². The molecule has 0 atom stereocenters. The monoisotopic (exact) mass is 506 g/mol. The van der Waals surface area contributed by atoms with Crippen molar-refractivity contribution in [3.8, 4) is 39.5 Å². The van der Waals surface area contributed by atoms with Crippen molar-refractivity contribution in [1.82, 2.24) is 19.5 Å². The van der Waals surface area contributed by atoms with Crippen LogP contribution in [-0.4, -0.2) is 25.3 Å². The number of carbonyl (C=O) groups excluding carboxylic acids is 1. The standard InChI is InChI=1S/C31H24F2N4O/c1-31(2)13-11-25-24(30(31)38)9-10-27(36-25)37-17-26(35-18-37)23-12-14-34-29(20-6-4-8-22(33)16-20)28(23)19-5-3-7-21(32)15-19/h3-10,12,14-18H,11,13H2,1-2H3. The Morgan fingerprint density at radius 3 is 2.37 bits per heavy atom. The first-order valence-electron chi connectivity index (χ1n) is 12.4. The molecule has 5 aromatic rings. The fourth-order valence-corrected chi connectivity index (χ4v) is 4.99. The summed E-state index contributed by atoms with van der Waals surface area (Å²) in [5.41, 5.74) is 4.78. The number of aryl methyl sites for hydroxylation is 1. The molecule has 0 saturated heterocycles. The molecule has 0 unspecified atom stereocenters. The van der Waals surface area contributed by atoms with Gasteiger partial charge in [-0.2, -0.15) is 0 Å². The van der Waals surface area contributed by atoms with Crippen LogP contribution >= 0.6 is 0 Å². The molecule has 5 nitrogen and oxygen atoms in total. The minimum atomic E-state index is -0.385. The second-order valence-corrected chi connectivity index (χ2v) is 10.1. The summed E-state index contributed by atoms with van der Waals surface area (Å²) < 4.78 is 30.2. The highest BCUT2D eigenvalue weighted by Gasteiger charge is 2.35. The van der Waals surface area contributed by atoms with Gasteiger partial charge in [0.2, 0.25) is 0 Å². The lowest BCUT2D eigenvalue weighted by molar-refractivity contribution is 0.0809. The Kier molecular flexibility index (Phi) is 5.71. The lowest BCUT2D eigenvalue weighted by Gasteiger charge is -2.29. The van der Waals surface area contributed by atoms with Crippen molar-refractivity contribution in [1.29, 1.82) is 0 Å². The maximum atomic E-state index is 14.3. The van der Waals surface area contributed by atoms with Gasteiger partial charge in [0.1, 0.15) is 23.8 Å². The number of rotatable bonds is 4. The van der Waals surface area contributed by atoms with E-state index in [4.69, 9.17) is 4.98 Å². The molecule has 2 aromatic carbocycles. The number of imidazole rings is 1. The van der Waals surface area contributed by atoms with Gasteiger partial charge in [-0.1, -0.05) is 38.1 Å². The number of Topliss-reactive ketones (excluding diaryl/α,β-unsaturated/α-hetero) is 1. The average Bonchev–Trinajstić information content (AvgIpc) is 3.41. The van der Waals surface area contributed by atoms with Crippen LogP contribution in [-0.2, 0) is 6.42 Å². The summed E-state index contributed by atoms with van der Waals surface area (Å²) in [6, 6.07) is 17.9. The van der Waals surface area contributed by atoms with Crippen molar-refractivity contribution in [2.75, 3.05) is 0 Å². The zero-order valence-corrected chi connectivity index (χ0v) is 21.0. The number of aromatic nitrogens is 4. The third kappa shape index (κ3) is 4.20. The molecule has 6 rings (SSSR count). The molecule has 0 spiro atoms. The molecule has 3 heterocycles. The number of hydrogen-bond donors (Lipinski definition) is 0. The molecule has 1 aliphatic carbocycles. The van der Waals surface area contributed by atoms with Gasteiger partial charge in [-0.05, 0) is 60.9 Å². The van der Waals surface area contributed by atoms with Gasteiger partial charge in [0.15, 0.2) is 5.78 Å². The Morgan fingerprint density at radius 1 is 0.868 bits per heavy atom. The lowest BCUT2D eigenvalue weighted by atomic mass is 9.75. The van der Waals surface area contributed by atoms with Gasteiger partial charge in [0.25, 0.3) is 0 Å². The summed E-state index contributed by atoms with van der Waals surface area (Å²) >= 11 is 0. The predicted octanol–water partition coefficient (Wildman–Crippen LogP) is 7.10. The average molecular weight is 507 g/mol. The van der Waals surface area contributed by atoms with Gasteiger partial charge in [-0.25, -0.2) is 18.7 Å². The topological polar surface area (TPSA) is 60.7 Å². The molecule has 1 aliphatic rings. The highest BCUT2D eigenvalue weighted by Crippen LogP contribution is 2.39. The molecule has 0 fully saturated rings. The van der Waals surface area contributed by atoms with E-state index in [2.05, 4.69) is 9.97 Å². The Bertz CT molecular complexity index is 1710. The second-order valence-electron chi connectivity index (χ2n) is 10.1. The molecule has 0 radical (unpaired) electrons. The largest absolute Gasteiger partial charge is 0.294 e. The predicted molar refractivity (Wildman–Crippen MR) is 142 cm³/mol. The Morgan fingerprint density at radius 2 is 1.61 bits per heavy atom. The van der Waals surface area contributed by atoms with Gasteiger partial charge in [-0.15, -0.1) is 0 Å². The highest BCUT2D eigenvalue weighted by molar-refractivity contribution is 6.02. The first-order chi connectivity index (χ1) is 18.3. The van der Waals surface area contributed by atoms with Crippen LogP contribution in [0.25, 0.3) is 39.5 Å². The van der Waals surface area contributed by atoms with E-state index in [1.54, 1.807) is 41.4 Å². The SMILES string of the molecule is CC1(C)CCc2nc(-n3cnc(-c4ccnc(-c5cccc(F)c5)c4-c4cccc(F)c4)c3)ccc2C1=O. The van der Waals surface area contributed by atoms with Crippen LogP contribution in [0.4, 0.5) is 8.78 Å². The highest BCUT2D eigenvalue weighted by atomic mass is 19.1. The Labute approximate surface area is 218 Å². The Balaban J connectivity index is 1.47. The molecule has 3 aromatic heterocycles. The van der Waals surface area contributed by atoms with Crippen LogP contribution in [0.3, 0.4) is 0 Å². The number of fused-ring (bicyclic) bond motifs is 1. The van der Waals surface area contributed by atoms with Crippen molar-refractivity contribution >= 4 is 5.78 Å². The summed E-state index contributed by atoms with van der Waals surface area (Å²) in [4.78, 5) is 26.8. The zero-order valence-electron chi connectivity index (χ0n) is 21.0. The minimum Gasteiger partial charge on any atom is -0.294 e. The summed E-state index contributed by atoms with van der Waals surface area (Å²) in [6.45, 7) is 3.94. The minimum absolute atomic E-state index is 0.116. The van der Waals surface area contributed by atoms with Gasteiger partial charge in [0, 0.05) is 40.1 Å². The van der Waals surface area contributed by atoms with E-state index < -0.39 is 0 Å². The van der Waals surface area contributed by atoms with E-state index in [0.29, 0.717) is 39.5 Å². The summed E-state index contributed by atoms with van der Waals surface area (Å²) in [5, 5.41) is 0.